The highest BCUT2D eigenvalue weighted by atomic mass is 127. The van der Waals surface area contributed by atoms with E-state index in [9.17, 15) is 8.78 Å². The van der Waals surface area contributed by atoms with Gasteiger partial charge in [-0.15, -0.1) is 24.0 Å². The quantitative estimate of drug-likeness (QED) is 0.278. The van der Waals surface area contributed by atoms with Gasteiger partial charge in [-0.05, 0) is 30.7 Å². The summed E-state index contributed by atoms with van der Waals surface area (Å²) in [5.74, 6) is 1.45. The van der Waals surface area contributed by atoms with Crippen molar-refractivity contribution in [3.8, 4) is 11.6 Å². The molecule has 0 atom stereocenters. The summed E-state index contributed by atoms with van der Waals surface area (Å²) < 4.78 is 31.7. The van der Waals surface area contributed by atoms with Gasteiger partial charge in [0.05, 0.1) is 0 Å². The molecule has 0 saturated carbocycles. The van der Waals surface area contributed by atoms with Crippen LogP contribution < -0.4 is 15.4 Å². The minimum atomic E-state index is -2.87. The molecule has 0 aliphatic rings. The summed E-state index contributed by atoms with van der Waals surface area (Å²) >= 11 is 0. The number of pyridine rings is 1. The number of aliphatic imine (C=N–C) groups is 1. The minimum Gasteiger partial charge on any atom is -0.434 e. The number of halogens is 3. The molecular formula is C20H23F2IN6O. The molecule has 2 heterocycles. The van der Waals surface area contributed by atoms with Gasteiger partial charge in [0.15, 0.2) is 5.96 Å². The van der Waals surface area contributed by atoms with Gasteiger partial charge in [0, 0.05) is 44.3 Å². The van der Waals surface area contributed by atoms with Gasteiger partial charge in [-0.3, -0.25) is 9.56 Å². The second-order valence-corrected chi connectivity index (χ2v) is 6.26. The number of aromatic nitrogens is 3. The van der Waals surface area contributed by atoms with Gasteiger partial charge in [0.2, 0.25) is 0 Å². The average molecular weight is 528 g/mol. The zero-order valence-corrected chi connectivity index (χ0v) is 18.9. The average Bonchev–Trinajstić information content (AvgIpc) is 3.25. The molecule has 0 fully saturated rings. The molecule has 2 aromatic heterocycles. The number of nitrogens with one attached hydrogen (secondary N) is 2. The highest BCUT2D eigenvalue weighted by Crippen LogP contribution is 2.22. The van der Waals surface area contributed by atoms with E-state index in [4.69, 9.17) is 0 Å². The van der Waals surface area contributed by atoms with Gasteiger partial charge in [-0.2, -0.15) is 8.78 Å². The molecule has 160 valence electrons. The molecule has 2 N–H and O–H groups in total. The van der Waals surface area contributed by atoms with E-state index in [0.717, 1.165) is 16.9 Å². The standard InChI is InChI=1S/C20H22F2N6O.HI/c1-14-3-4-17(29-19(21)22)16(9-14)12-27-20(23-2)26-11-15-5-6-25-18(10-15)28-8-7-24-13-28;/h3-10,13,19H,11-12H2,1-2H3,(H2,23,26,27);1H. The fourth-order valence-electron chi connectivity index (χ4n) is 2.75. The molecule has 0 bridgehead atoms. The van der Waals surface area contributed by atoms with Crippen LogP contribution in [0.2, 0.25) is 0 Å². The van der Waals surface area contributed by atoms with Gasteiger partial charge >= 0.3 is 6.61 Å². The van der Waals surface area contributed by atoms with Crippen LogP contribution in [0, 0.1) is 6.92 Å². The van der Waals surface area contributed by atoms with E-state index in [1.807, 2.05) is 29.8 Å². The summed E-state index contributed by atoms with van der Waals surface area (Å²) in [7, 11) is 1.64. The Kier molecular flexibility index (Phi) is 8.96. The number of aryl methyl sites for hydroxylation is 1. The number of ether oxygens (including phenoxy) is 1. The van der Waals surface area contributed by atoms with Gasteiger partial charge in [-0.25, -0.2) is 9.97 Å². The Balaban J connectivity index is 0.00000320. The molecule has 0 saturated heterocycles. The first-order valence-electron chi connectivity index (χ1n) is 8.97. The van der Waals surface area contributed by atoms with E-state index in [1.54, 1.807) is 44.0 Å². The topological polar surface area (TPSA) is 76.4 Å². The monoisotopic (exact) mass is 528 g/mol. The van der Waals surface area contributed by atoms with Crippen molar-refractivity contribution in [3.05, 3.63) is 71.9 Å². The molecule has 7 nitrogen and oxygen atoms in total. The molecule has 30 heavy (non-hydrogen) atoms. The molecule has 0 aliphatic carbocycles. The Hall–Kier alpha value is -2.76. The smallest absolute Gasteiger partial charge is 0.387 e. The Morgan fingerprint density at radius 1 is 1.17 bits per heavy atom. The van der Waals surface area contributed by atoms with Crippen LogP contribution in [0.1, 0.15) is 16.7 Å². The number of guanidine groups is 1. The fourth-order valence-corrected chi connectivity index (χ4v) is 2.75. The number of benzene rings is 1. The lowest BCUT2D eigenvalue weighted by Gasteiger charge is -2.15. The Morgan fingerprint density at radius 3 is 2.67 bits per heavy atom. The molecule has 1 aromatic carbocycles. The van der Waals surface area contributed by atoms with Crippen LogP contribution >= 0.6 is 24.0 Å². The highest BCUT2D eigenvalue weighted by molar-refractivity contribution is 14.0. The summed E-state index contributed by atoms with van der Waals surface area (Å²) in [5, 5.41) is 6.32. The van der Waals surface area contributed by atoms with Crippen LogP contribution in [0.15, 0.2) is 60.2 Å². The van der Waals surface area contributed by atoms with Crippen molar-refractivity contribution in [1.29, 1.82) is 0 Å². The number of hydrogen-bond acceptors (Lipinski definition) is 4. The van der Waals surface area contributed by atoms with Gasteiger partial charge in [-0.1, -0.05) is 17.7 Å². The van der Waals surface area contributed by atoms with Crippen LogP contribution in [0.3, 0.4) is 0 Å². The van der Waals surface area contributed by atoms with Crippen LogP contribution in [0.5, 0.6) is 5.75 Å². The van der Waals surface area contributed by atoms with Gasteiger partial charge in [0.1, 0.15) is 17.9 Å². The Bertz CT molecular complexity index is 966. The van der Waals surface area contributed by atoms with Gasteiger partial charge in [0.25, 0.3) is 0 Å². The number of imidazole rings is 1. The molecule has 0 aliphatic heterocycles. The third-order valence-corrected chi connectivity index (χ3v) is 4.14. The first-order chi connectivity index (χ1) is 14.0. The largest absolute Gasteiger partial charge is 0.434 e. The van der Waals surface area contributed by atoms with E-state index < -0.39 is 6.61 Å². The highest BCUT2D eigenvalue weighted by Gasteiger charge is 2.10. The SMILES string of the molecule is CN=C(NCc1ccnc(-n2ccnc2)c1)NCc1cc(C)ccc1OC(F)F.I. The lowest BCUT2D eigenvalue weighted by Crippen LogP contribution is -2.36. The molecule has 3 aromatic rings. The van der Waals surface area contributed by atoms with Gasteiger partial charge < -0.3 is 15.4 Å². The number of hydrogen-bond donors (Lipinski definition) is 2. The maximum absolute atomic E-state index is 12.6. The van der Waals surface area contributed by atoms with Crippen LogP contribution in [0.25, 0.3) is 5.82 Å². The molecular weight excluding hydrogens is 505 g/mol. The second kappa shape index (κ2) is 11.4. The third kappa shape index (κ3) is 6.65. The van der Waals surface area contributed by atoms with Crippen molar-refractivity contribution in [3.63, 3.8) is 0 Å². The molecule has 0 spiro atoms. The molecule has 10 heteroatoms. The van der Waals surface area contributed by atoms with Crippen molar-refractivity contribution < 1.29 is 13.5 Å². The van der Waals surface area contributed by atoms with E-state index in [-0.39, 0.29) is 29.7 Å². The zero-order valence-electron chi connectivity index (χ0n) is 16.5. The summed E-state index contributed by atoms with van der Waals surface area (Å²) in [5.41, 5.74) is 2.58. The van der Waals surface area contributed by atoms with Crippen molar-refractivity contribution in [2.75, 3.05) is 7.05 Å². The minimum absolute atomic E-state index is 0. The van der Waals surface area contributed by atoms with Crippen LogP contribution in [0.4, 0.5) is 8.78 Å². The number of rotatable bonds is 7. The number of alkyl halides is 2. The summed E-state index contributed by atoms with van der Waals surface area (Å²) in [6, 6.07) is 8.92. The predicted octanol–water partition coefficient (Wildman–Crippen LogP) is 3.66. The van der Waals surface area contributed by atoms with Crippen molar-refractivity contribution in [2.24, 2.45) is 4.99 Å². The van der Waals surface area contributed by atoms with Crippen LogP contribution in [-0.2, 0) is 13.1 Å². The van der Waals surface area contributed by atoms with Crippen molar-refractivity contribution in [2.45, 2.75) is 26.6 Å². The van der Waals surface area contributed by atoms with Crippen molar-refractivity contribution >= 4 is 29.9 Å². The lowest BCUT2D eigenvalue weighted by molar-refractivity contribution is -0.0504. The lowest BCUT2D eigenvalue weighted by atomic mass is 10.1. The fraction of sp³-hybridized carbons (Fsp3) is 0.250. The Labute approximate surface area is 190 Å². The maximum Gasteiger partial charge on any atom is 0.387 e. The first-order valence-corrected chi connectivity index (χ1v) is 8.97. The van der Waals surface area contributed by atoms with E-state index in [2.05, 4.69) is 30.3 Å². The van der Waals surface area contributed by atoms with Crippen LogP contribution in [-0.4, -0.2) is 34.2 Å². The van der Waals surface area contributed by atoms with E-state index in [0.29, 0.717) is 24.6 Å². The van der Waals surface area contributed by atoms with E-state index in [1.165, 1.54) is 0 Å². The first kappa shape index (κ1) is 23.5. The molecule has 0 radical (unpaired) electrons. The summed E-state index contributed by atoms with van der Waals surface area (Å²) in [4.78, 5) is 12.5. The summed E-state index contributed by atoms with van der Waals surface area (Å²) in [6.45, 7) is -0.174. The van der Waals surface area contributed by atoms with Crippen molar-refractivity contribution in [1.82, 2.24) is 25.2 Å². The number of nitrogens with zero attached hydrogens (tertiary/aromatic N) is 4. The maximum atomic E-state index is 12.6. The summed E-state index contributed by atoms with van der Waals surface area (Å²) in [6.07, 6.45) is 6.92. The molecule has 3 rings (SSSR count). The zero-order chi connectivity index (χ0) is 20.6. The third-order valence-electron chi connectivity index (χ3n) is 4.14. The predicted molar refractivity (Wildman–Crippen MR) is 122 cm³/mol. The second-order valence-electron chi connectivity index (χ2n) is 6.26. The van der Waals surface area contributed by atoms with E-state index >= 15 is 0 Å². The molecule has 0 unspecified atom stereocenters. The Morgan fingerprint density at radius 2 is 1.97 bits per heavy atom. The molecule has 0 amide bonds. The normalized spacial score (nSPS) is 11.2.